The smallest absolute Gasteiger partial charge is 0.287 e. The number of non-ortho nitro benzene ring substituents is 1. The first-order chi connectivity index (χ1) is 15.8. The quantitative estimate of drug-likeness (QED) is 0.186. The van der Waals surface area contributed by atoms with E-state index in [2.05, 4.69) is 10.3 Å². The van der Waals surface area contributed by atoms with E-state index >= 15 is 0 Å². The van der Waals surface area contributed by atoms with Crippen LogP contribution >= 0.6 is 57.5 Å². The minimum absolute atomic E-state index is 0.110. The van der Waals surface area contributed by atoms with Crippen molar-refractivity contribution >= 4 is 95.1 Å². The number of carbonyl (C=O) groups is 1. The highest BCUT2D eigenvalue weighted by Gasteiger charge is 2.24. The Kier molecular flexibility index (Phi) is 5.72. The first-order valence-electron chi connectivity index (χ1n) is 9.35. The van der Waals surface area contributed by atoms with Crippen molar-refractivity contribution in [2.24, 2.45) is 0 Å². The summed E-state index contributed by atoms with van der Waals surface area (Å²) < 4.78 is 1.33. The maximum absolute atomic E-state index is 13.1. The number of aromatic nitrogens is 1. The van der Waals surface area contributed by atoms with Gasteiger partial charge in [-0.2, -0.15) is 0 Å². The van der Waals surface area contributed by atoms with Crippen LogP contribution < -0.4 is 5.32 Å². The molecule has 0 bridgehead atoms. The molecule has 0 unspecified atom stereocenters. The Hall–Kier alpha value is -2.75. The number of nitrogens with zero attached hydrogens (tertiary/aromatic N) is 2. The summed E-state index contributed by atoms with van der Waals surface area (Å²) in [6.45, 7) is 0. The number of amides is 1. The number of carbonyl (C=O) groups excluding carboxylic acids is 1. The van der Waals surface area contributed by atoms with Crippen molar-refractivity contribution in [3.05, 3.63) is 84.7 Å². The van der Waals surface area contributed by atoms with Crippen molar-refractivity contribution in [2.45, 2.75) is 0 Å². The highest BCUT2D eigenvalue weighted by atomic mass is 35.5. The number of thiophene rings is 1. The summed E-state index contributed by atoms with van der Waals surface area (Å²) in [6.07, 6.45) is 0. The third-order valence-corrected chi connectivity index (χ3v) is 8.29. The molecule has 164 valence electrons. The molecule has 5 aromatic rings. The molecule has 1 N–H and O–H groups in total. The number of hydrogen-bond acceptors (Lipinski definition) is 6. The van der Waals surface area contributed by atoms with Crippen molar-refractivity contribution in [1.29, 1.82) is 0 Å². The van der Waals surface area contributed by atoms with E-state index in [-0.39, 0.29) is 20.6 Å². The zero-order valence-corrected chi connectivity index (χ0v) is 20.2. The van der Waals surface area contributed by atoms with Gasteiger partial charge in [0.25, 0.3) is 11.6 Å². The Bertz CT molecular complexity index is 1560. The topological polar surface area (TPSA) is 85.1 Å². The van der Waals surface area contributed by atoms with Crippen molar-refractivity contribution < 1.29 is 9.72 Å². The number of nitro groups is 1. The van der Waals surface area contributed by atoms with E-state index in [9.17, 15) is 14.9 Å². The standard InChI is InChI=1S/C22H10Cl3N3O3S2/c23-12-9-13(24)15(8-11(12)22-27-14-5-1-2-7-17(14)32-22)26-21(29)20-18(25)10-4-3-6-16(28(30)31)19(10)33-20/h1-9H,(H,26,29). The lowest BCUT2D eigenvalue weighted by Crippen LogP contribution is -2.11. The molecule has 0 saturated carbocycles. The van der Waals surface area contributed by atoms with Crippen LogP contribution in [-0.2, 0) is 0 Å². The third-order valence-electron chi connectivity index (χ3n) is 4.87. The van der Waals surface area contributed by atoms with Gasteiger partial charge >= 0.3 is 0 Å². The van der Waals surface area contributed by atoms with Crippen molar-refractivity contribution in [2.75, 3.05) is 5.32 Å². The van der Waals surface area contributed by atoms with Gasteiger partial charge in [0, 0.05) is 17.0 Å². The molecule has 0 aliphatic carbocycles. The second kappa shape index (κ2) is 8.55. The largest absolute Gasteiger partial charge is 0.320 e. The SMILES string of the molecule is O=C(Nc1cc(-c2nc3ccccc3s2)c(Cl)cc1Cl)c1sc2c([N+](=O)[O-])cccc2c1Cl. The third kappa shape index (κ3) is 3.94. The van der Waals surface area contributed by atoms with Crippen LogP contribution in [0.15, 0.2) is 54.6 Å². The molecule has 0 aliphatic rings. The average Bonchev–Trinajstić information content (AvgIpc) is 3.36. The molecule has 0 aliphatic heterocycles. The fourth-order valence-corrected chi connectivity index (χ4v) is 6.40. The number of nitro benzene ring substituents is 1. The van der Waals surface area contributed by atoms with E-state index in [1.54, 1.807) is 12.1 Å². The first kappa shape index (κ1) is 22.1. The molecule has 0 atom stereocenters. The van der Waals surface area contributed by atoms with Crippen molar-refractivity contribution in [3.8, 4) is 10.6 Å². The lowest BCUT2D eigenvalue weighted by atomic mass is 10.2. The van der Waals surface area contributed by atoms with Gasteiger partial charge in [0.05, 0.1) is 35.9 Å². The van der Waals surface area contributed by atoms with Gasteiger partial charge in [-0.05, 0) is 24.3 Å². The van der Waals surface area contributed by atoms with E-state index in [1.165, 1.54) is 29.5 Å². The molecule has 0 spiro atoms. The average molecular weight is 535 g/mol. The molecule has 2 aromatic heterocycles. The second-order valence-electron chi connectivity index (χ2n) is 6.91. The normalized spacial score (nSPS) is 11.2. The number of benzene rings is 3. The van der Waals surface area contributed by atoms with Crippen LogP contribution in [0.3, 0.4) is 0 Å². The summed E-state index contributed by atoms with van der Waals surface area (Å²) in [6, 6.07) is 15.4. The Morgan fingerprint density at radius 2 is 1.79 bits per heavy atom. The van der Waals surface area contributed by atoms with Crippen LogP contribution in [0.4, 0.5) is 11.4 Å². The highest BCUT2D eigenvalue weighted by molar-refractivity contribution is 7.22. The van der Waals surface area contributed by atoms with Gasteiger partial charge in [0.2, 0.25) is 0 Å². The molecule has 33 heavy (non-hydrogen) atoms. The zero-order chi connectivity index (χ0) is 23.3. The maximum Gasteiger partial charge on any atom is 0.287 e. The van der Waals surface area contributed by atoms with Crippen molar-refractivity contribution in [3.63, 3.8) is 0 Å². The van der Waals surface area contributed by atoms with Gasteiger partial charge in [-0.1, -0.05) is 59.1 Å². The molecule has 3 aromatic carbocycles. The lowest BCUT2D eigenvalue weighted by molar-refractivity contribution is -0.382. The van der Waals surface area contributed by atoms with E-state index in [4.69, 9.17) is 34.8 Å². The summed E-state index contributed by atoms with van der Waals surface area (Å²) >= 11 is 21.6. The predicted molar refractivity (Wildman–Crippen MR) is 137 cm³/mol. The molecule has 0 saturated heterocycles. The summed E-state index contributed by atoms with van der Waals surface area (Å²) in [7, 11) is 0. The van der Waals surface area contributed by atoms with Gasteiger partial charge < -0.3 is 5.32 Å². The van der Waals surface area contributed by atoms with Gasteiger partial charge in [-0.25, -0.2) is 4.98 Å². The minimum Gasteiger partial charge on any atom is -0.320 e. The Morgan fingerprint density at radius 3 is 2.55 bits per heavy atom. The number of nitrogens with one attached hydrogen (secondary N) is 1. The molecule has 11 heteroatoms. The number of hydrogen-bond donors (Lipinski definition) is 1. The van der Waals surface area contributed by atoms with Crippen LogP contribution in [-0.4, -0.2) is 15.8 Å². The van der Waals surface area contributed by atoms with E-state index < -0.39 is 10.8 Å². The highest BCUT2D eigenvalue weighted by Crippen LogP contribution is 2.42. The Morgan fingerprint density at radius 1 is 1.00 bits per heavy atom. The summed E-state index contributed by atoms with van der Waals surface area (Å²) in [5, 5.41) is 16.0. The summed E-state index contributed by atoms with van der Waals surface area (Å²) in [5.74, 6) is -0.532. The zero-order valence-electron chi connectivity index (χ0n) is 16.3. The van der Waals surface area contributed by atoms with Crippen LogP contribution in [0.25, 0.3) is 30.9 Å². The summed E-state index contributed by atoms with van der Waals surface area (Å²) in [5.41, 5.74) is 1.67. The van der Waals surface area contributed by atoms with E-state index in [0.29, 0.717) is 31.4 Å². The molecule has 5 rings (SSSR count). The molecule has 0 radical (unpaired) electrons. The van der Waals surface area contributed by atoms with Crippen LogP contribution in [0.2, 0.25) is 15.1 Å². The monoisotopic (exact) mass is 533 g/mol. The molecule has 1 amide bonds. The van der Waals surface area contributed by atoms with Gasteiger partial charge in [0.15, 0.2) is 0 Å². The molecule has 6 nitrogen and oxygen atoms in total. The van der Waals surface area contributed by atoms with Crippen LogP contribution in [0.5, 0.6) is 0 Å². The molecule has 2 heterocycles. The number of anilines is 1. The van der Waals surface area contributed by atoms with Crippen LogP contribution in [0.1, 0.15) is 9.67 Å². The maximum atomic E-state index is 13.1. The number of thiazole rings is 1. The van der Waals surface area contributed by atoms with E-state index in [1.807, 2.05) is 24.3 Å². The number of halogens is 3. The minimum atomic E-state index is -0.532. The molecular formula is C22H10Cl3N3O3S2. The first-order valence-corrected chi connectivity index (χ1v) is 12.1. The summed E-state index contributed by atoms with van der Waals surface area (Å²) in [4.78, 5) is 28.7. The molecular weight excluding hydrogens is 525 g/mol. The van der Waals surface area contributed by atoms with Crippen molar-refractivity contribution in [1.82, 2.24) is 4.98 Å². The van der Waals surface area contributed by atoms with Gasteiger partial charge in [0.1, 0.15) is 14.6 Å². The fraction of sp³-hybridized carbons (Fsp3) is 0. The Labute approximate surface area is 209 Å². The number of fused-ring (bicyclic) bond motifs is 2. The number of rotatable bonds is 4. The predicted octanol–water partition coefficient (Wildman–Crippen LogP) is 8.30. The van der Waals surface area contributed by atoms with Crippen LogP contribution in [0, 0.1) is 10.1 Å². The van der Waals surface area contributed by atoms with E-state index in [0.717, 1.165) is 21.6 Å². The fourth-order valence-electron chi connectivity index (χ4n) is 3.34. The number of para-hydroxylation sites is 1. The Balaban J connectivity index is 1.54. The van der Waals surface area contributed by atoms with Gasteiger partial charge in [-0.15, -0.1) is 22.7 Å². The van der Waals surface area contributed by atoms with Gasteiger partial charge in [-0.3, -0.25) is 14.9 Å². The second-order valence-corrected chi connectivity index (χ2v) is 10.2. The molecule has 0 fully saturated rings. The lowest BCUT2D eigenvalue weighted by Gasteiger charge is -2.10.